The Kier molecular flexibility index (Phi) is 3.25. The lowest BCUT2D eigenvalue weighted by atomic mass is 10.1. The van der Waals surface area contributed by atoms with Crippen LogP contribution in [0, 0.1) is 5.82 Å². The van der Waals surface area contributed by atoms with Crippen LogP contribution < -0.4 is 5.84 Å². The topological polar surface area (TPSA) is 38.4 Å². The molecule has 1 aromatic carbocycles. The number of hydrazone groups is 1. The summed E-state index contributed by atoms with van der Waals surface area (Å²) in [5, 5.41) is 3.59. The summed E-state index contributed by atoms with van der Waals surface area (Å²) in [5.41, 5.74) is 0.887. The third kappa shape index (κ3) is 1.98. The van der Waals surface area contributed by atoms with Crippen LogP contribution in [0.15, 0.2) is 23.3 Å². The van der Waals surface area contributed by atoms with E-state index in [1.807, 2.05) is 6.92 Å². The summed E-state index contributed by atoms with van der Waals surface area (Å²) in [6, 6.07) is 4.77. The van der Waals surface area contributed by atoms with Gasteiger partial charge in [-0.3, -0.25) is 0 Å². The minimum absolute atomic E-state index is 0.0899. The number of nitrogens with zero attached hydrogens (tertiary/aromatic N) is 1. The van der Waals surface area contributed by atoms with Crippen LogP contribution in [0.3, 0.4) is 0 Å². The van der Waals surface area contributed by atoms with Gasteiger partial charge >= 0.3 is 0 Å². The number of nitrogens with two attached hydrogens (primary N) is 1. The Bertz CT molecular complexity index is 336. The minimum atomic E-state index is -0.463. The van der Waals surface area contributed by atoms with Crippen LogP contribution in [-0.4, -0.2) is 5.71 Å². The molecule has 0 atom stereocenters. The van der Waals surface area contributed by atoms with Crippen molar-refractivity contribution in [1.82, 2.24) is 0 Å². The standard InChI is InChI=1S/C9H10ClFN2/c1-2-8(13-12)6-4-3-5-7(10)9(6)11/h3-5H,2,12H2,1H3/b13-8-. The second kappa shape index (κ2) is 4.23. The highest BCUT2D eigenvalue weighted by Gasteiger charge is 2.10. The van der Waals surface area contributed by atoms with Gasteiger partial charge in [-0.1, -0.05) is 30.7 Å². The third-order valence-electron chi connectivity index (χ3n) is 1.75. The molecule has 0 unspecified atom stereocenters. The zero-order valence-corrected chi connectivity index (χ0v) is 7.98. The second-order valence-corrected chi connectivity index (χ2v) is 2.94. The van der Waals surface area contributed by atoms with Gasteiger partial charge in [-0.25, -0.2) is 4.39 Å². The van der Waals surface area contributed by atoms with E-state index < -0.39 is 5.82 Å². The number of halogens is 2. The molecule has 0 aliphatic rings. The highest BCUT2D eigenvalue weighted by atomic mass is 35.5. The van der Waals surface area contributed by atoms with Gasteiger partial charge in [-0.2, -0.15) is 5.10 Å². The highest BCUT2D eigenvalue weighted by Crippen LogP contribution is 2.19. The lowest BCUT2D eigenvalue weighted by molar-refractivity contribution is 0.625. The fraction of sp³-hybridized carbons (Fsp3) is 0.222. The largest absolute Gasteiger partial charge is 0.323 e. The highest BCUT2D eigenvalue weighted by molar-refractivity contribution is 6.31. The van der Waals surface area contributed by atoms with Gasteiger partial charge in [0.1, 0.15) is 0 Å². The maximum absolute atomic E-state index is 13.4. The van der Waals surface area contributed by atoms with Crippen molar-refractivity contribution in [3.05, 3.63) is 34.6 Å². The fourth-order valence-corrected chi connectivity index (χ4v) is 1.25. The predicted octanol–water partition coefficient (Wildman–Crippen LogP) is 2.55. The molecule has 2 nitrogen and oxygen atoms in total. The molecule has 0 radical (unpaired) electrons. The van der Waals surface area contributed by atoms with Gasteiger partial charge in [0, 0.05) is 5.56 Å². The maximum Gasteiger partial charge on any atom is 0.150 e. The maximum atomic E-state index is 13.4. The first-order chi connectivity index (χ1) is 6.20. The van der Waals surface area contributed by atoms with Gasteiger partial charge < -0.3 is 5.84 Å². The summed E-state index contributed by atoms with van der Waals surface area (Å²) in [7, 11) is 0. The van der Waals surface area contributed by atoms with E-state index in [1.165, 1.54) is 6.07 Å². The van der Waals surface area contributed by atoms with Crippen LogP contribution in [0.25, 0.3) is 0 Å². The van der Waals surface area contributed by atoms with E-state index in [2.05, 4.69) is 5.10 Å². The summed E-state index contributed by atoms with van der Waals surface area (Å²) >= 11 is 5.60. The van der Waals surface area contributed by atoms with Gasteiger partial charge in [0.15, 0.2) is 5.82 Å². The zero-order chi connectivity index (χ0) is 9.84. The Hall–Kier alpha value is -1.09. The van der Waals surface area contributed by atoms with Crippen molar-refractivity contribution in [3.63, 3.8) is 0 Å². The average molecular weight is 201 g/mol. The molecule has 0 aliphatic carbocycles. The normalized spacial score (nSPS) is 11.8. The van der Waals surface area contributed by atoms with E-state index in [4.69, 9.17) is 17.4 Å². The van der Waals surface area contributed by atoms with Crippen molar-refractivity contribution < 1.29 is 4.39 Å². The predicted molar refractivity (Wildman–Crippen MR) is 52.4 cm³/mol. The van der Waals surface area contributed by atoms with Gasteiger partial charge in [-0.15, -0.1) is 0 Å². The van der Waals surface area contributed by atoms with Crippen LogP contribution in [0.5, 0.6) is 0 Å². The fourth-order valence-electron chi connectivity index (χ4n) is 1.08. The summed E-state index contributed by atoms with van der Waals surface area (Å²) in [4.78, 5) is 0. The second-order valence-electron chi connectivity index (χ2n) is 2.53. The van der Waals surface area contributed by atoms with Crippen LogP contribution in [-0.2, 0) is 0 Å². The number of hydrogen-bond donors (Lipinski definition) is 1. The third-order valence-corrected chi connectivity index (χ3v) is 2.05. The molecule has 1 rings (SSSR count). The van der Waals surface area contributed by atoms with E-state index in [9.17, 15) is 4.39 Å². The van der Waals surface area contributed by atoms with Crippen molar-refractivity contribution >= 4 is 17.3 Å². The molecule has 0 saturated carbocycles. The Balaban J connectivity index is 3.22. The molecule has 1 aromatic rings. The Morgan fingerprint density at radius 1 is 1.62 bits per heavy atom. The molecular formula is C9H10ClFN2. The van der Waals surface area contributed by atoms with Crippen LogP contribution in [0.4, 0.5) is 4.39 Å². The molecular weight excluding hydrogens is 191 g/mol. The van der Waals surface area contributed by atoms with Gasteiger partial charge in [0.2, 0.25) is 0 Å². The van der Waals surface area contributed by atoms with Gasteiger partial charge in [0.05, 0.1) is 10.7 Å². The summed E-state index contributed by atoms with van der Waals surface area (Å²) in [5.74, 6) is 4.65. The van der Waals surface area contributed by atoms with Crippen LogP contribution in [0.2, 0.25) is 5.02 Å². The molecule has 0 fully saturated rings. The smallest absolute Gasteiger partial charge is 0.150 e. The first-order valence-electron chi connectivity index (χ1n) is 3.91. The molecule has 0 heterocycles. The van der Waals surface area contributed by atoms with Crippen molar-refractivity contribution in [1.29, 1.82) is 0 Å². The van der Waals surface area contributed by atoms with Crippen LogP contribution >= 0.6 is 11.6 Å². The number of rotatable bonds is 2. The van der Waals surface area contributed by atoms with Crippen LogP contribution in [0.1, 0.15) is 18.9 Å². The molecule has 0 bridgehead atoms. The molecule has 0 saturated heterocycles. The summed E-state index contributed by atoms with van der Waals surface area (Å²) in [6.45, 7) is 1.85. The molecule has 13 heavy (non-hydrogen) atoms. The molecule has 0 aliphatic heterocycles. The lowest BCUT2D eigenvalue weighted by Crippen LogP contribution is -2.05. The summed E-state index contributed by atoms with van der Waals surface area (Å²) in [6.07, 6.45) is 0.577. The first-order valence-corrected chi connectivity index (χ1v) is 4.29. The zero-order valence-electron chi connectivity index (χ0n) is 7.22. The SMILES string of the molecule is CC/C(=N/N)c1cccc(Cl)c1F. The number of hydrogen-bond acceptors (Lipinski definition) is 2. The monoisotopic (exact) mass is 200 g/mol. The molecule has 0 spiro atoms. The van der Waals surface area contributed by atoms with E-state index in [0.29, 0.717) is 17.7 Å². The Morgan fingerprint density at radius 3 is 2.85 bits per heavy atom. The van der Waals surface area contributed by atoms with E-state index >= 15 is 0 Å². The Morgan fingerprint density at radius 2 is 2.31 bits per heavy atom. The van der Waals surface area contributed by atoms with Crippen molar-refractivity contribution in [2.24, 2.45) is 10.9 Å². The molecule has 0 amide bonds. The van der Waals surface area contributed by atoms with Crippen molar-refractivity contribution in [3.8, 4) is 0 Å². The molecule has 70 valence electrons. The Labute approximate surface area is 81.2 Å². The quantitative estimate of drug-likeness (QED) is 0.445. The lowest BCUT2D eigenvalue weighted by Gasteiger charge is -2.04. The summed E-state index contributed by atoms with van der Waals surface area (Å²) < 4.78 is 13.4. The van der Waals surface area contributed by atoms with Crippen molar-refractivity contribution in [2.75, 3.05) is 0 Å². The van der Waals surface area contributed by atoms with E-state index in [0.717, 1.165) is 0 Å². The average Bonchev–Trinajstić information content (AvgIpc) is 2.14. The van der Waals surface area contributed by atoms with E-state index in [-0.39, 0.29) is 5.02 Å². The first kappa shape index (κ1) is 9.99. The van der Waals surface area contributed by atoms with Gasteiger partial charge in [-0.05, 0) is 12.5 Å². The van der Waals surface area contributed by atoms with E-state index in [1.54, 1.807) is 12.1 Å². The molecule has 4 heteroatoms. The van der Waals surface area contributed by atoms with Gasteiger partial charge in [0.25, 0.3) is 0 Å². The minimum Gasteiger partial charge on any atom is -0.323 e. The molecule has 0 aromatic heterocycles. The molecule has 2 N–H and O–H groups in total. The number of benzene rings is 1. The van der Waals surface area contributed by atoms with Crippen molar-refractivity contribution in [2.45, 2.75) is 13.3 Å².